The van der Waals surface area contributed by atoms with Gasteiger partial charge in [-0.15, -0.1) is 0 Å². The van der Waals surface area contributed by atoms with Crippen molar-refractivity contribution < 1.29 is 9.59 Å². The highest BCUT2D eigenvalue weighted by molar-refractivity contribution is 5.94. The molecule has 0 heterocycles. The average Bonchev–Trinajstić information content (AvgIpc) is 2.90. The third-order valence-corrected chi connectivity index (χ3v) is 3.45. The summed E-state index contributed by atoms with van der Waals surface area (Å²) < 4.78 is 0. The molecule has 1 aromatic rings. The highest BCUT2D eigenvalue weighted by atomic mass is 16.2. The van der Waals surface area contributed by atoms with E-state index in [2.05, 4.69) is 10.6 Å². The molecule has 4 N–H and O–H groups in total. The molecule has 1 aliphatic rings. The Hall–Kier alpha value is -2.04. The Labute approximate surface area is 112 Å². The number of rotatable bonds is 4. The summed E-state index contributed by atoms with van der Waals surface area (Å²) in [5.74, 6) is 0.139. The molecule has 19 heavy (non-hydrogen) atoms. The summed E-state index contributed by atoms with van der Waals surface area (Å²) in [6.07, 6.45) is 4.94. The van der Waals surface area contributed by atoms with Crippen LogP contribution in [-0.2, 0) is 0 Å². The maximum atomic E-state index is 11.7. The van der Waals surface area contributed by atoms with E-state index in [0.29, 0.717) is 17.2 Å². The molecule has 1 saturated carbocycles. The van der Waals surface area contributed by atoms with Gasteiger partial charge >= 0.3 is 6.03 Å². The zero-order valence-corrected chi connectivity index (χ0v) is 10.8. The van der Waals surface area contributed by atoms with Crippen LogP contribution in [-0.4, -0.2) is 18.5 Å². The average molecular weight is 261 g/mol. The number of primary amides is 1. The highest BCUT2D eigenvalue weighted by Gasteiger charge is 2.15. The molecule has 0 atom stereocenters. The van der Waals surface area contributed by atoms with Gasteiger partial charge in [0.15, 0.2) is 0 Å². The second kappa shape index (κ2) is 6.22. The van der Waals surface area contributed by atoms with E-state index < -0.39 is 5.91 Å². The number of hydrogen-bond donors (Lipinski definition) is 3. The molecule has 1 aliphatic carbocycles. The van der Waals surface area contributed by atoms with Gasteiger partial charge in [0.2, 0.25) is 5.91 Å². The molecule has 0 unspecified atom stereocenters. The lowest BCUT2D eigenvalue weighted by molar-refractivity contribution is 0.100. The number of amides is 3. The molecule has 0 aliphatic heterocycles. The minimum atomic E-state index is -0.475. The van der Waals surface area contributed by atoms with Crippen molar-refractivity contribution in [2.24, 2.45) is 11.7 Å². The minimum Gasteiger partial charge on any atom is -0.366 e. The van der Waals surface area contributed by atoms with Crippen molar-refractivity contribution in [2.45, 2.75) is 25.7 Å². The molecule has 5 heteroatoms. The van der Waals surface area contributed by atoms with E-state index in [-0.39, 0.29) is 6.03 Å². The van der Waals surface area contributed by atoms with Crippen molar-refractivity contribution in [3.05, 3.63) is 29.8 Å². The highest BCUT2D eigenvalue weighted by Crippen LogP contribution is 2.23. The Kier molecular flexibility index (Phi) is 4.39. The molecule has 1 aromatic carbocycles. The van der Waals surface area contributed by atoms with E-state index in [0.717, 1.165) is 6.54 Å². The number of carbonyl (C=O) groups is 2. The van der Waals surface area contributed by atoms with Crippen LogP contribution in [0.25, 0.3) is 0 Å². The van der Waals surface area contributed by atoms with Crippen LogP contribution in [0.2, 0.25) is 0 Å². The summed E-state index contributed by atoms with van der Waals surface area (Å²) >= 11 is 0. The fraction of sp³-hybridized carbons (Fsp3) is 0.429. The third kappa shape index (κ3) is 3.98. The fourth-order valence-corrected chi connectivity index (χ4v) is 2.34. The summed E-state index contributed by atoms with van der Waals surface area (Å²) in [5.41, 5.74) is 6.22. The Morgan fingerprint density at radius 2 is 1.79 bits per heavy atom. The van der Waals surface area contributed by atoms with Gasteiger partial charge in [0.25, 0.3) is 0 Å². The number of hydrogen-bond acceptors (Lipinski definition) is 2. The number of nitrogens with one attached hydrogen (secondary N) is 2. The quantitative estimate of drug-likeness (QED) is 0.775. The zero-order chi connectivity index (χ0) is 13.7. The predicted octanol–water partition coefficient (Wildman–Crippen LogP) is 2.10. The maximum absolute atomic E-state index is 11.7. The first kappa shape index (κ1) is 13.4. The molecule has 3 amide bonds. The van der Waals surface area contributed by atoms with Crippen molar-refractivity contribution in [2.75, 3.05) is 11.9 Å². The molecule has 0 aromatic heterocycles. The van der Waals surface area contributed by atoms with Gasteiger partial charge in [-0.1, -0.05) is 12.8 Å². The first-order valence-corrected chi connectivity index (χ1v) is 6.60. The maximum Gasteiger partial charge on any atom is 0.319 e. The van der Waals surface area contributed by atoms with Gasteiger partial charge in [-0.2, -0.15) is 0 Å². The number of carbonyl (C=O) groups excluding carboxylic acids is 2. The summed E-state index contributed by atoms with van der Waals surface area (Å²) in [5, 5.41) is 5.60. The second-order valence-corrected chi connectivity index (χ2v) is 4.93. The Morgan fingerprint density at radius 1 is 1.16 bits per heavy atom. The van der Waals surface area contributed by atoms with Crippen molar-refractivity contribution >= 4 is 17.6 Å². The second-order valence-electron chi connectivity index (χ2n) is 4.93. The molecule has 0 spiro atoms. The van der Waals surface area contributed by atoms with Crippen LogP contribution >= 0.6 is 0 Å². The van der Waals surface area contributed by atoms with Crippen molar-refractivity contribution in [3.8, 4) is 0 Å². The summed E-state index contributed by atoms with van der Waals surface area (Å²) in [6.45, 7) is 0.727. The largest absolute Gasteiger partial charge is 0.366 e. The monoisotopic (exact) mass is 261 g/mol. The Bertz CT molecular complexity index is 450. The van der Waals surface area contributed by atoms with Gasteiger partial charge < -0.3 is 16.4 Å². The van der Waals surface area contributed by atoms with Gasteiger partial charge in [0.05, 0.1) is 0 Å². The van der Waals surface area contributed by atoms with E-state index in [9.17, 15) is 9.59 Å². The van der Waals surface area contributed by atoms with Crippen molar-refractivity contribution in [1.29, 1.82) is 0 Å². The minimum absolute atomic E-state index is 0.210. The number of benzene rings is 1. The molecule has 0 saturated heterocycles. The molecular weight excluding hydrogens is 242 g/mol. The van der Waals surface area contributed by atoms with Gasteiger partial charge in [0.1, 0.15) is 0 Å². The van der Waals surface area contributed by atoms with Crippen molar-refractivity contribution in [3.63, 3.8) is 0 Å². The topological polar surface area (TPSA) is 84.2 Å². The van der Waals surface area contributed by atoms with Gasteiger partial charge in [0, 0.05) is 17.8 Å². The first-order valence-electron chi connectivity index (χ1n) is 6.60. The van der Waals surface area contributed by atoms with Gasteiger partial charge in [-0.3, -0.25) is 4.79 Å². The summed E-state index contributed by atoms with van der Waals surface area (Å²) in [7, 11) is 0. The Balaban J connectivity index is 1.79. The lowest BCUT2D eigenvalue weighted by Crippen LogP contribution is -2.32. The molecule has 1 fully saturated rings. The first-order chi connectivity index (χ1) is 9.15. The molecule has 0 bridgehead atoms. The lowest BCUT2D eigenvalue weighted by Gasteiger charge is -2.11. The third-order valence-electron chi connectivity index (χ3n) is 3.45. The SMILES string of the molecule is NC(=O)c1ccc(NC(=O)NCC2CCCC2)cc1. The Morgan fingerprint density at radius 3 is 2.37 bits per heavy atom. The van der Waals surface area contributed by atoms with E-state index in [1.165, 1.54) is 25.7 Å². The van der Waals surface area contributed by atoms with Crippen LogP contribution in [0.3, 0.4) is 0 Å². The molecule has 2 rings (SSSR count). The van der Waals surface area contributed by atoms with Gasteiger partial charge in [-0.05, 0) is 43.0 Å². The zero-order valence-electron chi connectivity index (χ0n) is 10.8. The summed E-state index contributed by atoms with van der Waals surface area (Å²) in [4.78, 5) is 22.6. The van der Waals surface area contributed by atoms with Crippen LogP contribution in [0.4, 0.5) is 10.5 Å². The predicted molar refractivity (Wildman–Crippen MR) is 73.9 cm³/mol. The smallest absolute Gasteiger partial charge is 0.319 e. The summed E-state index contributed by atoms with van der Waals surface area (Å²) in [6, 6.07) is 6.30. The number of anilines is 1. The normalized spacial score (nSPS) is 15.2. The molecule has 102 valence electrons. The van der Waals surface area contributed by atoms with Crippen LogP contribution in [0.5, 0.6) is 0 Å². The molecule has 5 nitrogen and oxygen atoms in total. The lowest BCUT2D eigenvalue weighted by atomic mass is 10.1. The van der Waals surface area contributed by atoms with E-state index >= 15 is 0 Å². The van der Waals surface area contributed by atoms with Crippen LogP contribution in [0.15, 0.2) is 24.3 Å². The fourth-order valence-electron chi connectivity index (χ4n) is 2.34. The number of nitrogens with two attached hydrogens (primary N) is 1. The molecular formula is C14H19N3O2. The van der Waals surface area contributed by atoms with Crippen LogP contribution in [0.1, 0.15) is 36.0 Å². The molecule has 0 radical (unpaired) electrons. The standard InChI is InChI=1S/C14H19N3O2/c15-13(18)11-5-7-12(8-6-11)17-14(19)16-9-10-3-1-2-4-10/h5-8,10H,1-4,9H2,(H2,15,18)(H2,16,17,19). The number of urea groups is 1. The van der Waals surface area contributed by atoms with E-state index in [1.807, 2.05) is 0 Å². The van der Waals surface area contributed by atoms with Crippen LogP contribution < -0.4 is 16.4 Å². The van der Waals surface area contributed by atoms with Gasteiger partial charge in [-0.25, -0.2) is 4.79 Å². The van der Waals surface area contributed by atoms with E-state index in [4.69, 9.17) is 5.73 Å². The van der Waals surface area contributed by atoms with Crippen LogP contribution in [0, 0.1) is 5.92 Å². The van der Waals surface area contributed by atoms with Crippen molar-refractivity contribution in [1.82, 2.24) is 5.32 Å². The van der Waals surface area contributed by atoms with E-state index in [1.54, 1.807) is 24.3 Å².